The van der Waals surface area contributed by atoms with E-state index in [4.69, 9.17) is 14.2 Å². The molecule has 2 fully saturated rings. The number of hydrogen-bond donors (Lipinski definition) is 0. The Bertz CT molecular complexity index is 844. The van der Waals surface area contributed by atoms with Crippen molar-refractivity contribution in [3.05, 3.63) is 59.7 Å². The van der Waals surface area contributed by atoms with Crippen molar-refractivity contribution in [3.8, 4) is 0 Å². The molecule has 0 aromatic heterocycles. The Morgan fingerprint density at radius 3 is 2.70 bits per heavy atom. The van der Waals surface area contributed by atoms with Gasteiger partial charge >= 0.3 is 0 Å². The molecule has 1 aliphatic heterocycles. The van der Waals surface area contributed by atoms with Crippen LogP contribution < -0.4 is 0 Å². The molecule has 2 aromatic carbocycles. The van der Waals surface area contributed by atoms with E-state index < -0.39 is 0 Å². The smallest absolute Gasteiger partial charge is 0.169 e. The fourth-order valence-corrected chi connectivity index (χ4v) is 4.95. The molecule has 0 N–H and O–H groups in total. The lowest BCUT2D eigenvalue weighted by molar-refractivity contribution is -0.200. The molecule has 1 saturated heterocycles. The van der Waals surface area contributed by atoms with Gasteiger partial charge in [0, 0.05) is 12.8 Å². The average Bonchev–Trinajstić information content (AvgIpc) is 3.03. The zero-order valence-electron chi connectivity index (χ0n) is 16.0. The summed E-state index contributed by atoms with van der Waals surface area (Å²) in [7, 11) is 0. The van der Waals surface area contributed by atoms with E-state index in [1.54, 1.807) is 0 Å². The van der Waals surface area contributed by atoms with E-state index in [-0.39, 0.29) is 24.1 Å². The summed E-state index contributed by atoms with van der Waals surface area (Å²) < 4.78 is 19.4. The second-order valence-corrected chi connectivity index (χ2v) is 8.34. The summed E-state index contributed by atoms with van der Waals surface area (Å²) in [6.07, 6.45) is 9.01. The zero-order chi connectivity index (χ0) is 18.3. The number of rotatable bonds is 3. The molecule has 3 atom stereocenters. The summed E-state index contributed by atoms with van der Waals surface area (Å²) in [5.41, 5.74) is 2.58. The highest BCUT2D eigenvalue weighted by molar-refractivity contribution is 5.85. The maximum Gasteiger partial charge on any atom is 0.169 e. The number of hydrogen-bond acceptors (Lipinski definition) is 3. The molecule has 1 saturated carbocycles. The van der Waals surface area contributed by atoms with Crippen LogP contribution in [0.4, 0.5) is 0 Å². The molecule has 0 unspecified atom stereocenters. The molecule has 27 heavy (non-hydrogen) atoms. The van der Waals surface area contributed by atoms with Crippen LogP contribution in [-0.4, -0.2) is 24.1 Å². The first-order chi connectivity index (χ1) is 13.2. The maximum atomic E-state index is 6.54. The van der Waals surface area contributed by atoms with Crippen molar-refractivity contribution in [1.29, 1.82) is 0 Å². The molecule has 3 heteroatoms. The lowest BCUT2D eigenvalue weighted by Crippen LogP contribution is -2.40. The predicted octanol–water partition coefficient (Wildman–Crippen LogP) is 5.52. The van der Waals surface area contributed by atoms with Gasteiger partial charge in [-0.3, -0.25) is 0 Å². The SMILES string of the molecule is CC1=C[C@H]2OC3(CCCCC3)O[C@H]2[C@H](OCc2cccc3ccccc23)C1. The normalized spacial score (nSPS) is 29.7. The van der Waals surface area contributed by atoms with E-state index in [1.165, 1.54) is 41.2 Å². The quantitative estimate of drug-likeness (QED) is 0.671. The summed E-state index contributed by atoms with van der Waals surface area (Å²) in [6, 6.07) is 14.9. The summed E-state index contributed by atoms with van der Waals surface area (Å²) in [6.45, 7) is 2.79. The van der Waals surface area contributed by atoms with Crippen LogP contribution in [0.15, 0.2) is 54.1 Å². The van der Waals surface area contributed by atoms with Crippen molar-refractivity contribution >= 4 is 10.8 Å². The van der Waals surface area contributed by atoms with E-state index in [0.29, 0.717) is 6.61 Å². The molecule has 2 aliphatic carbocycles. The summed E-state index contributed by atoms with van der Waals surface area (Å²) >= 11 is 0. The van der Waals surface area contributed by atoms with Crippen LogP contribution in [-0.2, 0) is 20.8 Å². The van der Waals surface area contributed by atoms with Crippen molar-refractivity contribution in [2.45, 2.75) is 76.2 Å². The number of fused-ring (bicyclic) bond motifs is 2. The summed E-state index contributed by atoms with van der Waals surface area (Å²) in [5, 5.41) is 2.53. The Morgan fingerprint density at radius 1 is 1.00 bits per heavy atom. The summed E-state index contributed by atoms with van der Waals surface area (Å²) in [4.78, 5) is 0. The molecule has 1 heterocycles. The van der Waals surface area contributed by atoms with Gasteiger partial charge in [-0.2, -0.15) is 0 Å². The lowest BCUT2D eigenvalue weighted by Gasteiger charge is -2.33. The monoisotopic (exact) mass is 364 g/mol. The van der Waals surface area contributed by atoms with Crippen molar-refractivity contribution in [3.63, 3.8) is 0 Å². The van der Waals surface area contributed by atoms with Crippen LogP contribution in [0.3, 0.4) is 0 Å². The van der Waals surface area contributed by atoms with Gasteiger partial charge in [-0.25, -0.2) is 0 Å². The number of ether oxygens (including phenoxy) is 3. The van der Waals surface area contributed by atoms with Crippen LogP contribution in [0.1, 0.15) is 51.0 Å². The van der Waals surface area contributed by atoms with E-state index in [0.717, 1.165) is 19.3 Å². The Kier molecular flexibility index (Phi) is 4.55. The first-order valence-corrected chi connectivity index (χ1v) is 10.3. The highest BCUT2D eigenvalue weighted by atomic mass is 16.8. The van der Waals surface area contributed by atoms with Crippen LogP contribution >= 0.6 is 0 Å². The van der Waals surface area contributed by atoms with Gasteiger partial charge in [0.05, 0.1) is 12.7 Å². The van der Waals surface area contributed by atoms with Crippen molar-refractivity contribution in [1.82, 2.24) is 0 Å². The van der Waals surface area contributed by atoms with Gasteiger partial charge in [0.1, 0.15) is 12.2 Å². The largest absolute Gasteiger partial charge is 0.370 e. The van der Waals surface area contributed by atoms with Gasteiger partial charge in [0.15, 0.2) is 5.79 Å². The van der Waals surface area contributed by atoms with Crippen molar-refractivity contribution in [2.24, 2.45) is 0 Å². The molecule has 142 valence electrons. The fourth-order valence-electron chi connectivity index (χ4n) is 4.95. The van der Waals surface area contributed by atoms with Gasteiger partial charge in [-0.15, -0.1) is 0 Å². The second-order valence-electron chi connectivity index (χ2n) is 8.34. The van der Waals surface area contributed by atoms with Gasteiger partial charge in [0.25, 0.3) is 0 Å². The Hall–Kier alpha value is -1.68. The second kappa shape index (κ2) is 7.05. The minimum absolute atomic E-state index is 0.0155. The molecule has 5 rings (SSSR count). The first kappa shape index (κ1) is 17.4. The molecule has 1 spiro atoms. The predicted molar refractivity (Wildman–Crippen MR) is 106 cm³/mol. The van der Waals surface area contributed by atoms with Crippen LogP contribution in [0.2, 0.25) is 0 Å². The fraction of sp³-hybridized carbons (Fsp3) is 0.500. The molecular weight excluding hydrogens is 336 g/mol. The highest BCUT2D eigenvalue weighted by Gasteiger charge is 2.51. The van der Waals surface area contributed by atoms with Gasteiger partial charge in [0.2, 0.25) is 0 Å². The topological polar surface area (TPSA) is 27.7 Å². The third-order valence-electron chi connectivity index (χ3n) is 6.31. The van der Waals surface area contributed by atoms with Crippen LogP contribution in [0, 0.1) is 0 Å². The standard InChI is InChI=1S/C24H28O3/c1-17-14-21(23-22(15-17)26-24(27-23)12-5-2-6-13-24)25-16-19-10-7-9-18-8-3-4-11-20(18)19/h3-4,7-11,15,21-23H,2,5-6,12-14,16H2,1H3/t21-,22-,23+/m1/s1. The average molecular weight is 364 g/mol. The van der Waals surface area contributed by atoms with E-state index >= 15 is 0 Å². The van der Waals surface area contributed by atoms with Crippen LogP contribution in [0.5, 0.6) is 0 Å². The molecule has 0 amide bonds. The van der Waals surface area contributed by atoms with E-state index in [2.05, 4.69) is 55.5 Å². The molecule has 0 bridgehead atoms. The van der Waals surface area contributed by atoms with Crippen molar-refractivity contribution in [2.75, 3.05) is 0 Å². The Balaban J connectivity index is 1.34. The number of benzene rings is 2. The molecule has 3 nitrogen and oxygen atoms in total. The van der Waals surface area contributed by atoms with E-state index in [1.807, 2.05) is 0 Å². The third-order valence-corrected chi connectivity index (χ3v) is 6.31. The van der Waals surface area contributed by atoms with Crippen molar-refractivity contribution < 1.29 is 14.2 Å². The Morgan fingerprint density at radius 2 is 1.81 bits per heavy atom. The van der Waals surface area contributed by atoms with Gasteiger partial charge in [-0.05, 0) is 42.5 Å². The summed E-state index contributed by atoms with van der Waals surface area (Å²) in [5.74, 6) is -0.365. The minimum atomic E-state index is -0.365. The molecule has 2 aromatic rings. The van der Waals surface area contributed by atoms with E-state index in [9.17, 15) is 0 Å². The van der Waals surface area contributed by atoms with Gasteiger partial charge < -0.3 is 14.2 Å². The highest BCUT2D eigenvalue weighted by Crippen LogP contribution is 2.44. The first-order valence-electron chi connectivity index (χ1n) is 10.3. The molecule has 0 radical (unpaired) electrons. The van der Waals surface area contributed by atoms with Gasteiger partial charge in [-0.1, -0.05) is 60.5 Å². The zero-order valence-corrected chi connectivity index (χ0v) is 16.0. The third kappa shape index (κ3) is 3.33. The molecular formula is C24H28O3. The molecule has 3 aliphatic rings. The van der Waals surface area contributed by atoms with Crippen LogP contribution in [0.25, 0.3) is 10.8 Å². The maximum absolute atomic E-state index is 6.54. The minimum Gasteiger partial charge on any atom is -0.370 e. The lowest BCUT2D eigenvalue weighted by atomic mass is 9.93. The Labute approximate surface area is 161 Å².